The molecule has 0 saturated carbocycles. The van der Waals surface area contributed by atoms with Gasteiger partial charge in [0.25, 0.3) is 0 Å². The second-order valence-corrected chi connectivity index (χ2v) is 4.50. The number of benzene rings is 1. The third-order valence-corrected chi connectivity index (χ3v) is 3.31. The Bertz CT molecular complexity index is 487. The number of pyridine rings is 1. The van der Waals surface area contributed by atoms with E-state index in [0.29, 0.717) is 0 Å². The van der Waals surface area contributed by atoms with Gasteiger partial charge >= 0.3 is 0 Å². The van der Waals surface area contributed by atoms with Gasteiger partial charge in [0, 0.05) is 43.6 Å². The van der Waals surface area contributed by atoms with E-state index >= 15 is 0 Å². The van der Waals surface area contributed by atoms with Crippen LogP contribution in [0, 0.1) is 0 Å². The van der Waals surface area contributed by atoms with Crippen molar-refractivity contribution >= 4 is 5.69 Å². The average molecular weight is 239 g/mol. The second kappa shape index (κ2) is 5.19. The van der Waals surface area contributed by atoms with Crippen molar-refractivity contribution < 1.29 is 0 Å². The van der Waals surface area contributed by atoms with E-state index in [1.165, 1.54) is 11.3 Å². The van der Waals surface area contributed by atoms with Crippen LogP contribution >= 0.6 is 0 Å². The van der Waals surface area contributed by atoms with Gasteiger partial charge in [-0.3, -0.25) is 4.98 Å². The largest absolute Gasteiger partial charge is 0.369 e. The molecule has 1 aromatic heterocycles. The first-order chi connectivity index (χ1) is 8.93. The average Bonchev–Trinajstić information content (AvgIpc) is 2.49. The lowest BCUT2D eigenvalue weighted by molar-refractivity contribution is 0.589. The third-order valence-electron chi connectivity index (χ3n) is 3.31. The molecule has 0 spiro atoms. The molecule has 2 aromatic rings. The number of nitrogens with one attached hydrogen (secondary N) is 1. The summed E-state index contributed by atoms with van der Waals surface area (Å²) in [5.74, 6) is 0. The molecule has 1 aromatic carbocycles. The number of aromatic nitrogens is 1. The molecule has 18 heavy (non-hydrogen) atoms. The van der Waals surface area contributed by atoms with Crippen molar-refractivity contribution in [3.63, 3.8) is 0 Å². The highest BCUT2D eigenvalue weighted by molar-refractivity contribution is 5.63. The third kappa shape index (κ3) is 2.36. The molecule has 0 atom stereocenters. The summed E-state index contributed by atoms with van der Waals surface area (Å²) in [5, 5.41) is 3.37. The first-order valence-electron chi connectivity index (χ1n) is 6.41. The summed E-state index contributed by atoms with van der Waals surface area (Å²) >= 11 is 0. The summed E-state index contributed by atoms with van der Waals surface area (Å²) in [6.07, 6.45) is 1.83. The van der Waals surface area contributed by atoms with Crippen LogP contribution in [-0.4, -0.2) is 31.2 Å². The van der Waals surface area contributed by atoms with Gasteiger partial charge in [0.1, 0.15) is 0 Å². The van der Waals surface area contributed by atoms with E-state index in [9.17, 15) is 0 Å². The molecule has 1 fully saturated rings. The highest BCUT2D eigenvalue weighted by Crippen LogP contribution is 2.21. The highest BCUT2D eigenvalue weighted by atomic mass is 15.2. The quantitative estimate of drug-likeness (QED) is 0.870. The van der Waals surface area contributed by atoms with Gasteiger partial charge in [-0.2, -0.15) is 0 Å². The SMILES string of the molecule is c1ccc(-c2ccc(N3CCNCC3)cc2)nc1. The van der Waals surface area contributed by atoms with Crippen molar-refractivity contribution in [2.75, 3.05) is 31.1 Å². The lowest BCUT2D eigenvalue weighted by atomic mass is 10.1. The minimum atomic E-state index is 1.03. The highest BCUT2D eigenvalue weighted by Gasteiger charge is 2.10. The van der Waals surface area contributed by atoms with Crippen LogP contribution in [0.15, 0.2) is 48.7 Å². The van der Waals surface area contributed by atoms with E-state index < -0.39 is 0 Å². The first kappa shape index (κ1) is 11.2. The van der Waals surface area contributed by atoms with E-state index in [0.717, 1.165) is 31.9 Å². The van der Waals surface area contributed by atoms with E-state index in [-0.39, 0.29) is 0 Å². The molecule has 1 aliphatic heterocycles. The van der Waals surface area contributed by atoms with Crippen LogP contribution in [0.25, 0.3) is 11.3 Å². The molecule has 0 unspecified atom stereocenters. The molecule has 0 radical (unpaired) electrons. The van der Waals surface area contributed by atoms with Crippen LogP contribution in [-0.2, 0) is 0 Å². The summed E-state index contributed by atoms with van der Waals surface area (Å²) in [7, 11) is 0. The lowest BCUT2D eigenvalue weighted by Crippen LogP contribution is -2.43. The Morgan fingerprint density at radius 3 is 2.39 bits per heavy atom. The molecule has 1 aliphatic rings. The van der Waals surface area contributed by atoms with E-state index in [4.69, 9.17) is 0 Å². The van der Waals surface area contributed by atoms with Gasteiger partial charge in [0.2, 0.25) is 0 Å². The lowest BCUT2D eigenvalue weighted by Gasteiger charge is -2.29. The summed E-state index contributed by atoms with van der Waals surface area (Å²) in [6, 6.07) is 14.7. The summed E-state index contributed by atoms with van der Waals surface area (Å²) < 4.78 is 0. The number of nitrogens with zero attached hydrogens (tertiary/aromatic N) is 2. The fraction of sp³-hybridized carbons (Fsp3) is 0.267. The Balaban J connectivity index is 1.80. The topological polar surface area (TPSA) is 28.2 Å². The van der Waals surface area contributed by atoms with E-state index in [1.807, 2.05) is 24.4 Å². The van der Waals surface area contributed by atoms with Gasteiger partial charge in [0.05, 0.1) is 5.69 Å². The first-order valence-corrected chi connectivity index (χ1v) is 6.41. The van der Waals surface area contributed by atoms with Gasteiger partial charge in [-0.25, -0.2) is 0 Å². The smallest absolute Gasteiger partial charge is 0.0701 e. The molecule has 1 N–H and O–H groups in total. The van der Waals surface area contributed by atoms with Crippen LogP contribution in [0.2, 0.25) is 0 Å². The van der Waals surface area contributed by atoms with Gasteiger partial charge in [-0.15, -0.1) is 0 Å². The minimum absolute atomic E-state index is 1.03. The molecular formula is C15H17N3. The predicted octanol–water partition coefficient (Wildman–Crippen LogP) is 2.16. The number of piperazine rings is 1. The standard InChI is InChI=1S/C15H17N3/c1-2-8-17-15(3-1)13-4-6-14(7-5-13)18-11-9-16-10-12-18/h1-8,16H,9-12H2. The molecule has 0 amide bonds. The molecule has 2 heterocycles. The number of hydrogen-bond donors (Lipinski definition) is 1. The Kier molecular flexibility index (Phi) is 3.24. The molecule has 92 valence electrons. The Hall–Kier alpha value is -1.87. The zero-order chi connectivity index (χ0) is 12.2. The van der Waals surface area contributed by atoms with Crippen molar-refractivity contribution in [1.29, 1.82) is 0 Å². The van der Waals surface area contributed by atoms with Crippen molar-refractivity contribution in [2.45, 2.75) is 0 Å². The summed E-state index contributed by atoms with van der Waals surface area (Å²) in [5.41, 5.74) is 3.51. The number of rotatable bonds is 2. The van der Waals surface area contributed by atoms with Crippen LogP contribution in [0.5, 0.6) is 0 Å². The maximum atomic E-state index is 4.37. The van der Waals surface area contributed by atoms with Gasteiger partial charge in [0.15, 0.2) is 0 Å². The van der Waals surface area contributed by atoms with Crippen LogP contribution < -0.4 is 10.2 Å². The molecule has 3 rings (SSSR count). The maximum Gasteiger partial charge on any atom is 0.0701 e. The summed E-state index contributed by atoms with van der Waals surface area (Å²) in [4.78, 5) is 6.78. The van der Waals surface area contributed by atoms with Gasteiger partial charge < -0.3 is 10.2 Å². The zero-order valence-corrected chi connectivity index (χ0v) is 10.3. The van der Waals surface area contributed by atoms with E-state index in [1.54, 1.807) is 0 Å². The van der Waals surface area contributed by atoms with Crippen LogP contribution in [0.1, 0.15) is 0 Å². The van der Waals surface area contributed by atoms with Crippen molar-refractivity contribution in [3.8, 4) is 11.3 Å². The van der Waals surface area contributed by atoms with Crippen LogP contribution in [0.3, 0.4) is 0 Å². The van der Waals surface area contributed by atoms with Crippen molar-refractivity contribution in [1.82, 2.24) is 10.3 Å². The minimum Gasteiger partial charge on any atom is -0.369 e. The Morgan fingerprint density at radius 1 is 0.944 bits per heavy atom. The predicted molar refractivity (Wildman–Crippen MR) is 74.8 cm³/mol. The maximum absolute atomic E-state index is 4.37. The van der Waals surface area contributed by atoms with E-state index in [2.05, 4.69) is 39.5 Å². The summed E-state index contributed by atoms with van der Waals surface area (Å²) in [6.45, 7) is 4.32. The second-order valence-electron chi connectivity index (χ2n) is 4.50. The monoisotopic (exact) mass is 239 g/mol. The Morgan fingerprint density at radius 2 is 1.72 bits per heavy atom. The molecule has 0 bridgehead atoms. The van der Waals surface area contributed by atoms with Crippen LogP contribution in [0.4, 0.5) is 5.69 Å². The fourth-order valence-electron chi connectivity index (χ4n) is 2.30. The molecule has 0 aliphatic carbocycles. The zero-order valence-electron chi connectivity index (χ0n) is 10.3. The van der Waals surface area contributed by atoms with Gasteiger partial charge in [-0.1, -0.05) is 18.2 Å². The molecule has 3 heteroatoms. The molecule has 3 nitrogen and oxygen atoms in total. The number of anilines is 1. The van der Waals surface area contributed by atoms with Crippen molar-refractivity contribution in [2.24, 2.45) is 0 Å². The number of hydrogen-bond acceptors (Lipinski definition) is 3. The van der Waals surface area contributed by atoms with Gasteiger partial charge in [-0.05, 0) is 24.3 Å². The fourth-order valence-corrected chi connectivity index (χ4v) is 2.30. The normalized spacial score (nSPS) is 15.7. The molecular weight excluding hydrogens is 222 g/mol. The van der Waals surface area contributed by atoms with Crippen molar-refractivity contribution in [3.05, 3.63) is 48.7 Å². The molecule has 1 saturated heterocycles. The Labute approximate surface area is 107 Å².